The number of amides is 1. The smallest absolute Gasteiger partial charge is 0.370 e. The Morgan fingerprint density at radius 2 is 1.75 bits per heavy atom. The molecule has 2 N–H and O–H groups in total. The van der Waals surface area contributed by atoms with E-state index < -0.39 is 17.6 Å². The number of rotatable bonds is 6. The summed E-state index contributed by atoms with van der Waals surface area (Å²) in [6, 6.07) is 17.7. The second-order valence-corrected chi connectivity index (χ2v) is 6.13. The van der Waals surface area contributed by atoms with Crippen LogP contribution >= 0.6 is 0 Å². The van der Waals surface area contributed by atoms with Crippen LogP contribution in [0.2, 0.25) is 0 Å². The minimum Gasteiger partial charge on any atom is -0.370 e. The summed E-state index contributed by atoms with van der Waals surface area (Å²) in [7, 11) is 0. The summed E-state index contributed by atoms with van der Waals surface area (Å²) in [6.45, 7) is 0.687. The first kappa shape index (κ1) is 19.4. The zero-order valence-electron chi connectivity index (χ0n) is 14.8. The summed E-state index contributed by atoms with van der Waals surface area (Å²) >= 11 is 0. The third-order valence-electron chi connectivity index (χ3n) is 4.04. The number of nitrogens with zero attached hydrogens (tertiary/aromatic N) is 1. The summed E-state index contributed by atoms with van der Waals surface area (Å²) in [6.07, 6.45) is -2.25. The molecule has 0 saturated heterocycles. The Bertz CT molecular complexity index is 926. The van der Waals surface area contributed by atoms with Gasteiger partial charge in [-0.3, -0.25) is 4.79 Å². The van der Waals surface area contributed by atoms with Gasteiger partial charge in [0.2, 0.25) is 0 Å². The molecule has 0 atom stereocenters. The molecule has 1 aromatic heterocycles. The number of nitrogens with one attached hydrogen (secondary N) is 2. The van der Waals surface area contributed by atoms with Crippen LogP contribution in [0.5, 0.6) is 0 Å². The number of carbonyl (C=O) groups excluding carboxylic acids is 1. The van der Waals surface area contributed by atoms with Gasteiger partial charge < -0.3 is 10.6 Å². The van der Waals surface area contributed by atoms with Crippen LogP contribution in [0, 0.1) is 0 Å². The zero-order chi connectivity index (χ0) is 20.0. The second-order valence-electron chi connectivity index (χ2n) is 6.13. The number of anilines is 2. The van der Waals surface area contributed by atoms with Crippen molar-refractivity contribution in [1.82, 2.24) is 4.98 Å². The molecule has 0 radical (unpaired) electrons. The first-order valence-corrected chi connectivity index (χ1v) is 8.64. The third-order valence-corrected chi connectivity index (χ3v) is 4.04. The average Bonchev–Trinajstić information content (AvgIpc) is 2.69. The van der Waals surface area contributed by atoms with Crippen LogP contribution in [0.15, 0.2) is 72.9 Å². The van der Waals surface area contributed by atoms with E-state index in [1.54, 1.807) is 12.1 Å². The van der Waals surface area contributed by atoms with E-state index in [0.717, 1.165) is 18.6 Å². The van der Waals surface area contributed by atoms with Crippen LogP contribution in [0.1, 0.15) is 21.5 Å². The van der Waals surface area contributed by atoms with Crippen molar-refractivity contribution in [3.05, 3.63) is 89.6 Å². The molecule has 0 aliphatic rings. The van der Waals surface area contributed by atoms with Gasteiger partial charge in [-0.05, 0) is 42.3 Å². The molecule has 1 amide bonds. The molecule has 0 aliphatic heterocycles. The van der Waals surface area contributed by atoms with Crippen molar-refractivity contribution in [3.63, 3.8) is 0 Å². The first-order valence-electron chi connectivity index (χ1n) is 8.64. The highest BCUT2D eigenvalue weighted by Crippen LogP contribution is 2.30. The molecule has 0 saturated carbocycles. The lowest BCUT2D eigenvalue weighted by atomic mass is 10.1. The molecule has 0 bridgehead atoms. The van der Waals surface area contributed by atoms with Gasteiger partial charge in [-0.25, -0.2) is 4.98 Å². The van der Waals surface area contributed by atoms with E-state index in [-0.39, 0.29) is 11.3 Å². The lowest BCUT2D eigenvalue weighted by Crippen LogP contribution is -2.14. The van der Waals surface area contributed by atoms with Crippen LogP contribution in [-0.2, 0) is 12.6 Å². The van der Waals surface area contributed by atoms with Crippen molar-refractivity contribution in [1.29, 1.82) is 0 Å². The highest BCUT2D eigenvalue weighted by atomic mass is 19.4. The van der Waals surface area contributed by atoms with Gasteiger partial charge in [0.25, 0.3) is 5.91 Å². The van der Waals surface area contributed by atoms with Gasteiger partial charge in [0.1, 0.15) is 5.82 Å². The lowest BCUT2D eigenvalue weighted by Gasteiger charge is -2.10. The van der Waals surface area contributed by atoms with E-state index in [4.69, 9.17) is 0 Å². The van der Waals surface area contributed by atoms with Gasteiger partial charge in [-0.1, -0.05) is 36.4 Å². The fraction of sp³-hybridized carbons (Fsp3) is 0.143. The quantitative estimate of drug-likeness (QED) is 0.627. The molecular formula is C21H18F3N3O. The van der Waals surface area contributed by atoms with Crippen molar-refractivity contribution in [2.75, 3.05) is 17.2 Å². The van der Waals surface area contributed by atoms with E-state index in [0.29, 0.717) is 12.4 Å². The Morgan fingerprint density at radius 1 is 0.964 bits per heavy atom. The number of benzene rings is 2. The van der Waals surface area contributed by atoms with Crippen molar-refractivity contribution in [3.8, 4) is 0 Å². The summed E-state index contributed by atoms with van der Waals surface area (Å²) in [5.41, 5.74) is 0.712. The van der Waals surface area contributed by atoms with Crippen molar-refractivity contribution in [2.45, 2.75) is 12.6 Å². The average molecular weight is 385 g/mol. The molecule has 2 aromatic carbocycles. The molecule has 3 rings (SSSR count). The molecule has 144 valence electrons. The van der Waals surface area contributed by atoms with Gasteiger partial charge >= 0.3 is 6.18 Å². The second kappa shape index (κ2) is 8.56. The van der Waals surface area contributed by atoms with Crippen molar-refractivity contribution >= 4 is 17.4 Å². The minimum atomic E-state index is -4.46. The third kappa shape index (κ3) is 5.33. The van der Waals surface area contributed by atoms with Crippen LogP contribution in [0.4, 0.5) is 24.7 Å². The summed E-state index contributed by atoms with van der Waals surface area (Å²) < 4.78 is 38.3. The zero-order valence-corrected chi connectivity index (χ0v) is 14.8. The molecule has 0 aliphatic carbocycles. The van der Waals surface area contributed by atoms with E-state index in [1.165, 1.54) is 23.9 Å². The molecule has 7 heteroatoms. The number of pyridine rings is 1. The number of halogens is 3. The molecule has 1 heterocycles. The monoisotopic (exact) mass is 385 g/mol. The van der Waals surface area contributed by atoms with Crippen molar-refractivity contribution in [2.24, 2.45) is 0 Å². The maximum absolute atomic E-state index is 12.8. The Kier molecular flexibility index (Phi) is 5.93. The fourth-order valence-corrected chi connectivity index (χ4v) is 2.59. The predicted octanol–water partition coefficient (Wildman–Crippen LogP) is 5.01. The summed E-state index contributed by atoms with van der Waals surface area (Å²) in [5.74, 6) is 0.0919. The molecule has 28 heavy (non-hydrogen) atoms. The van der Waals surface area contributed by atoms with Gasteiger partial charge in [0.05, 0.1) is 11.1 Å². The molecule has 0 fully saturated rings. The Hall–Kier alpha value is -3.35. The largest absolute Gasteiger partial charge is 0.416 e. The first-order chi connectivity index (χ1) is 13.4. The predicted molar refractivity (Wildman–Crippen MR) is 102 cm³/mol. The van der Waals surface area contributed by atoms with Crippen LogP contribution < -0.4 is 10.6 Å². The number of carbonyl (C=O) groups is 1. The summed E-state index contributed by atoms with van der Waals surface area (Å²) in [5, 5.41) is 5.62. The fourth-order valence-electron chi connectivity index (χ4n) is 2.59. The van der Waals surface area contributed by atoms with Gasteiger partial charge in [-0.15, -0.1) is 0 Å². The van der Waals surface area contributed by atoms with Crippen LogP contribution in [0.25, 0.3) is 0 Å². The van der Waals surface area contributed by atoms with E-state index in [2.05, 4.69) is 15.6 Å². The molecule has 0 spiro atoms. The lowest BCUT2D eigenvalue weighted by molar-refractivity contribution is -0.137. The van der Waals surface area contributed by atoms with Crippen LogP contribution in [-0.4, -0.2) is 17.4 Å². The highest BCUT2D eigenvalue weighted by Gasteiger charge is 2.30. The molecule has 3 aromatic rings. The number of aromatic nitrogens is 1. The Morgan fingerprint density at radius 3 is 2.43 bits per heavy atom. The maximum Gasteiger partial charge on any atom is 0.416 e. The van der Waals surface area contributed by atoms with Gasteiger partial charge in [0.15, 0.2) is 0 Å². The Labute approximate surface area is 160 Å². The number of alkyl halides is 3. The number of hydrogen-bond donors (Lipinski definition) is 2. The SMILES string of the molecule is O=C(Nc1cccc(C(F)(F)F)c1)c1ccc(NCCc2ccccc2)nc1. The molecular weight excluding hydrogens is 367 g/mol. The number of hydrogen-bond acceptors (Lipinski definition) is 3. The topological polar surface area (TPSA) is 54.0 Å². The standard InChI is InChI=1S/C21H18F3N3O/c22-21(23,24)17-7-4-8-18(13-17)27-20(28)16-9-10-19(26-14-16)25-12-11-15-5-2-1-3-6-15/h1-10,13-14H,11-12H2,(H,25,26)(H,27,28). The van der Waals surface area contributed by atoms with Gasteiger partial charge in [-0.2, -0.15) is 13.2 Å². The summed E-state index contributed by atoms with van der Waals surface area (Å²) in [4.78, 5) is 16.4. The van der Waals surface area contributed by atoms with Crippen molar-refractivity contribution < 1.29 is 18.0 Å². The van der Waals surface area contributed by atoms with E-state index >= 15 is 0 Å². The van der Waals surface area contributed by atoms with E-state index in [1.807, 2.05) is 30.3 Å². The van der Waals surface area contributed by atoms with Gasteiger partial charge in [0, 0.05) is 18.4 Å². The normalized spacial score (nSPS) is 11.1. The molecule has 4 nitrogen and oxygen atoms in total. The van der Waals surface area contributed by atoms with Crippen LogP contribution in [0.3, 0.4) is 0 Å². The van der Waals surface area contributed by atoms with E-state index in [9.17, 15) is 18.0 Å². The maximum atomic E-state index is 12.8. The Balaban J connectivity index is 1.56. The molecule has 0 unspecified atom stereocenters. The highest BCUT2D eigenvalue weighted by molar-refractivity contribution is 6.04. The minimum absolute atomic E-state index is 0.0740.